The van der Waals surface area contributed by atoms with Crippen LogP contribution in [0.3, 0.4) is 0 Å². The lowest BCUT2D eigenvalue weighted by atomic mass is 10.1. The van der Waals surface area contributed by atoms with Gasteiger partial charge in [0.15, 0.2) is 5.78 Å². The molecular formula is C21H20ClNO3. The van der Waals surface area contributed by atoms with Gasteiger partial charge in [0.2, 0.25) is 0 Å². The van der Waals surface area contributed by atoms with Crippen LogP contribution in [0.2, 0.25) is 5.02 Å². The maximum absolute atomic E-state index is 12.6. The molecular weight excluding hydrogens is 350 g/mol. The van der Waals surface area contributed by atoms with Gasteiger partial charge in [-0.15, -0.1) is 0 Å². The fourth-order valence-corrected chi connectivity index (χ4v) is 3.25. The molecule has 0 aliphatic carbocycles. The van der Waals surface area contributed by atoms with Gasteiger partial charge in [-0.2, -0.15) is 0 Å². The Kier molecular flexibility index (Phi) is 5.74. The van der Waals surface area contributed by atoms with E-state index >= 15 is 0 Å². The van der Waals surface area contributed by atoms with Crippen LogP contribution in [0.25, 0.3) is 0 Å². The zero-order valence-corrected chi connectivity index (χ0v) is 15.3. The number of likely N-dealkylation sites (tertiary alicyclic amines) is 1. The van der Waals surface area contributed by atoms with E-state index in [0.717, 1.165) is 11.3 Å². The fraction of sp³-hybridized carbons (Fsp3) is 0.238. The smallest absolute Gasteiger partial charge is 0.310 e. The van der Waals surface area contributed by atoms with Gasteiger partial charge in [-0.05, 0) is 29.8 Å². The Bertz CT molecular complexity index is 815. The number of hydrogen-bond acceptors (Lipinski definition) is 4. The highest BCUT2D eigenvalue weighted by Gasteiger charge is 2.32. The van der Waals surface area contributed by atoms with Crippen LogP contribution in [0.1, 0.15) is 22.3 Å². The molecule has 1 atom stereocenters. The van der Waals surface area contributed by atoms with Crippen molar-refractivity contribution in [2.24, 2.45) is 5.92 Å². The second kappa shape index (κ2) is 8.19. The first-order valence-corrected chi connectivity index (χ1v) is 8.82. The summed E-state index contributed by atoms with van der Waals surface area (Å²) in [6, 6.07) is 16.8. The lowest BCUT2D eigenvalue weighted by Gasteiger charge is -2.20. The molecule has 0 N–H and O–H groups in total. The summed E-state index contributed by atoms with van der Waals surface area (Å²) in [6.45, 7) is 1.19. The molecule has 0 spiro atoms. The van der Waals surface area contributed by atoms with Crippen molar-refractivity contribution in [2.45, 2.75) is 13.0 Å². The van der Waals surface area contributed by atoms with E-state index in [0.29, 0.717) is 30.1 Å². The van der Waals surface area contributed by atoms with Gasteiger partial charge in [0.05, 0.1) is 13.0 Å². The predicted molar refractivity (Wildman–Crippen MR) is 101 cm³/mol. The number of rotatable bonds is 5. The summed E-state index contributed by atoms with van der Waals surface area (Å²) in [5.74, 6) is -0.598. The van der Waals surface area contributed by atoms with Gasteiger partial charge in [-0.25, -0.2) is 0 Å². The minimum absolute atomic E-state index is 0.0970. The average Bonchev–Trinajstić information content (AvgIpc) is 3.04. The van der Waals surface area contributed by atoms with Gasteiger partial charge in [-0.3, -0.25) is 9.59 Å². The Morgan fingerprint density at radius 3 is 2.50 bits per heavy atom. The first-order valence-electron chi connectivity index (χ1n) is 8.44. The van der Waals surface area contributed by atoms with Crippen LogP contribution in [-0.2, 0) is 16.1 Å². The van der Waals surface area contributed by atoms with E-state index in [1.165, 1.54) is 7.11 Å². The summed E-state index contributed by atoms with van der Waals surface area (Å²) in [6.07, 6.45) is 2.12. The summed E-state index contributed by atoms with van der Waals surface area (Å²) >= 11 is 5.88. The molecule has 134 valence electrons. The first-order chi connectivity index (χ1) is 12.6. The van der Waals surface area contributed by atoms with E-state index in [1.54, 1.807) is 30.3 Å². The Labute approximate surface area is 158 Å². The van der Waals surface area contributed by atoms with Gasteiger partial charge in [0.25, 0.3) is 0 Å². The van der Waals surface area contributed by atoms with Crippen molar-refractivity contribution in [1.29, 1.82) is 0 Å². The molecule has 1 fully saturated rings. The minimum Gasteiger partial charge on any atom is -0.469 e. The number of benzene rings is 2. The number of ether oxygens (including phenoxy) is 1. The molecule has 0 radical (unpaired) electrons. The molecule has 0 aromatic heterocycles. The summed E-state index contributed by atoms with van der Waals surface area (Å²) in [7, 11) is 1.39. The maximum Gasteiger partial charge on any atom is 0.310 e. The molecule has 2 aromatic rings. The molecule has 4 nitrogen and oxygen atoms in total. The van der Waals surface area contributed by atoms with Crippen LogP contribution >= 0.6 is 11.6 Å². The van der Waals surface area contributed by atoms with E-state index in [2.05, 4.69) is 4.90 Å². The molecule has 5 heteroatoms. The van der Waals surface area contributed by atoms with Crippen molar-refractivity contribution in [3.05, 3.63) is 82.5 Å². The quantitative estimate of drug-likeness (QED) is 0.452. The van der Waals surface area contributed by atoms with Gasteiger partial charge < -0.3 is 9.64 Å². The number of esters is 1. The summed E-state index contributed by atoms with van der Waals surface area (Å²) in [5.41, 5.74) is 2.55. The lowest BCUT2D eigenvalue weighted by molar-refractivity contribution is -0.144. The van der Waals surface area contributed by atoms with Crippen LogP contribution < -0.4 is 0 Å². The number of hydrogen-bond donors (Lipinski definition) is 0. The van der Waals surface area contributed by atoms with Crippen molar-refractivity contribution >= 4 is 23.4 Å². The third-order valence-electron chi connectivity index (χ3n) is 4.48. The van der Waals surface area contributed by atoms with Crippen LogP contribution in [-0.4, -0.2) is 30.3 Å². The van der Waals surface area contributed by atoms with E-state index < -0.39 is 0 Å². The lowest BCUT2D eigenvalue weighted by Crippen LogP contribution is -2.23. The van der Waals surface area contributed by atoms with E-state index in [1.807, 2.05) is 30.3 Å². The van der Waals surface area contributed by atoms with Gasteiger partial charge in [0.1, 0.15) is 0 Å². The Morgan fingerprint density at radius 2 is 1.85 bits per heavy atom. The summed E-state index contributed by atoms with van der Waals surface area (Å²) < 4.78 is 4.89. The zero-order chi connectivity index (χ0) is 18.5. The van der Waals surface area contributed by atoms with Gasteiger partial charge >= 0.3 is 5.97 Å². The third-order valence-corrected chi connectivity index (χ3v) is 4.73. The SMILES string of the molecule is COC(=O)C1C/C(=C/C(=O)c2ccc(Cl)cc2)N(Cc2ccccc2)C1. The summed E-state index contributed by atoms with van der Waals surface area (Å²) in [4.78, 5) is 26.6. The Morgan fingerprint density at radius 1 is 1.15 bits per heavy atom. The Balaban J connectivity index is 1.83. The average molecular weight is 370 g/mol. The molecule has 1 aliphatic heterocycles. The standard InChI is InChI=1S/C21H20ClNO3/c1-26-21(25)17-11-19(12-20(24)16-7-9-18(22)10-8-16)23(14-17)13-15-5-3-2-4-6-15/h2-10,12,17H,11,13-14H2,1H3/b19-12-. The molecule has 3 rings (SSSR count). The third kappa shape index (κ3) is 4.33. The van der Waals surface area contributed by atoms with E-state index in [-0.39, 0.29) is 17.7 Å². The molecule has 26 heavy (non-hydrogen) atoms. The fourth-order valence-electron chi connectivity index (χ4n) is 3.12. The second-order valence-corrected chi connectivity index (χ2v) is 6.73. The summed E-state index contributed by atoms with van der Waals surface area (Å²) in [5, 5.41) is 0.589. The molecule has 0 bridgehead atoms. The van der Waals surface area contributed by atoms with Crippen LogP contribution in [0.4, 0.5) is 0 Å². The molecule has 0 saturated carbocycles. The van der Waals surface area contributed by atoms with Crippen LogP contribution in [0.15, 0.2) is 66.4 Å². The predicted octanol–water partition coefficient (Wildman–Crippen LogP) is 4.10. The molecule has 2 aromatic carbocycles. The number of allylic oxidation sites excluding steroid dienone is 2. The monoisotopic (exact) mass is 369 g/mol. The van der Waals surface area contributed by atoms with Crippen molar-refractivity contribution in [3.63, 3.8) is 0 Å². The number of carbonyl (C=O) groups excluding carboxylic acids is 2. The maximum atomic E-state index is 12.6. The molecule has 0 amide bonds. The second-order valence-electron chi connectivity index (χ2n) is 6.30. The number of ketones is 1. The number of halogens is 1. The Hall–Kier alpha value is -2.59. The number of nitrogens with zero attached hydrogens (tertiary/aromatic N) is 1. The molecule has 1 saturated heterocycles. The molecule has 1 heterocycles. The van der Waals surface area contributed by atoms with Crippen LogP contribution in [0, 0.1) is 5.92 Å². The first kappa shape index (κ1) is 18.2. The van der Waals surface area contributed by atoms with E-state index in [4.69, 9.17) is 16.3 Å². The van der Waals surface area contributed by atoms with Crippen molar-refractivity contribution < 1.29 is 14.3 Å². The van der Waals surface area contributed by atoms with Crippen molar-refractivity contribution in [3.8, 4) is 0 Å². The normalized spacial score (nSPS) is 18.2. The topological polar surface area (TPSA) is 46.6 Å². The van der Waals surface area contributed by atoms with Gasteiger partial charge in [0, 0.05) is 41.9 Å². The van der Waals surface area contributed by atoms with Gasteiger partial charge in [-0.1, -0.05) is 41.9 Å². The zero-order valence-electron chi connectivity index (χ0n) is 14.5. The number of methoxy groups -OCH3 is 1. The van der Waals surface area contributed by atoms with Crippen molar-refractivity contribution in [2.75, 3.05) is 13.7 Å². The van der Waals surface area contributed by atoms with Crippen molar-refractivity contribution in [1.82, 2.24) is 4.90 Å². The highest BCUT2D eigenvalue weighted by atomic mass is 35.5. The highest BCUT2D eigenvalue weighted by Crippen LogP contribution is 2.29. The van der Waals surface area contributed by atoms with Crippen LogP contribution in [0.5, 0.6) is 0 Å². The van der Waals surface area contributed by atoms with E-state index in [9.17, 15) is 9.59 Å². The number of carbonyl (C=O) groups is 2. The minimum atomic E-state index is -0.256. The highest BCUT2D eigenvalue weighted by molar-refractivity contribution is 6.30. The molecule has 1 unspecified atom stereocenters. The molecule has 1 aliphatic rings. The largest absolute Gasteiger partial charge is 0.469 e.